The van der Waals surface area contributed by atoms with Crippen LogP contribution in [0.25, 0.3) is 11.1 Å². The van der Waals surface area contributed by atoms with E-state index in [1.54, 1.807) is 0 Å². The molecule has 0 saturated heterocycles. The zero-order valence-electron chi connectivity index (χ0n) is 10.1. The van der Waals surface area contributed by atoms with Gasteiger partial charge in [0.2, 0.25) is 0 Å². The first kappa shape index (κ1) is 10.5. The third kappa shape index (κ3) is 1.67. The van der Waals surface area contributed by atoms with Crippen LogP contribution in [0.3, 0.4) is 0 Å². The predicted molar refractivity (Wildman–Crippen MR) is 71.9 cm³/mol. The largest absolute Gasteiger partial charge is 0.324 e. The zero-order valence-corrected chi connectivity index (χ0v) is 10.1. The van der Waals surface area contributed by atoms with Gasteiger partial charge in [0.05, 0.1) is 0 Å². The molecule has 1 heteroatoms. The normalized spacial score (nSPS) is 18.1. The quantitative estimate of drug-likeness (QED) is 0.725. The molecule has 0 heterocycles. The van der Waals surface area contributed by atoms with E-state index in [-0.39, 0.29) is 6.04 Å². The maximum Gasteiger partial charge on any atom is 0.0304 e. The van der Waals surface area contributed by atoms with Crippen LogP contribution in [0.5, 0.6) is 0 Å². The molecule has 0 spiro atoms. The molecule has 1 atom stereocenters. The zero-order chi connectivity index (χ0) is 11.8. The second kappa shape index (κ2) is 4.01. The summed E-state index contributed by atoms with van der Waals surface area (Å²) < 4.78 is 0. The van der Waals surface area contributed by atoms with Crippen molar-refractivity contribution in [3.63, 3.8) is 0 Å². The summed E-state index contributed by atoms with van der Waals surface area (Å²) in [4.78, 5) is 0. The van der Waals surface area contributed by atoms with Gasteiger partial charge in [-0.1, -0.05) is 42.5 Å². The summed E-state index contributed by atoms with van der Waals surface area (Å²) in [6, 6.07) is 15.3. The van der Waals surface area contributed by atoms with Crippen LogP contribution in [0.1, 0.15) is 29.2 Å². The first-order valence-electron chi connectivity index (χ1n) is 6.21. The van der Waals surface area contributed by atoms with Gasteiger partial charge in [-0.3, -0.25) is 0 Å². The van der Waals surface area contributed by atoms with Crippen LogP contribution in [0.15, 0.2) is 42.5 Å². The minimum atomic E-state index is 0.164. The van der Waals surface area contributed by atoms with Gasteiger partial charge in [-0.25, -0.2) is 0 Å². The first-order valence-corrected chi connectivity index (χ1v) is 6.21. The maximum absolute atomic E-state index is 6.29. The summed E-state index contributed by atoms with van der Waals surface area (Å²) in [5, 5.41) is 0. The second-order valence-corrected chi connectivity index (χ2v) is 4.84. The van der Waals surface area contributed by atoms with E-state index in [1.165, 1.54) is 27.8 Å². The van der Waals surface area contributed by atoms with Gasteiger partial charge in [0, 0.05) is 6.04 Å². The van der Waals surface area contributed by atoms with E-state index in [9.17, 15) is 0 Å². The molecule has 1 nitrogen and oxygen atoms in total. The van der Waals surface area contributed by atoms with Gasteiger partial charge >= 0.3 is 0 Å². The Hall–Kier alpha value is -1.60. The van der Waals surface area contributed by atoms with Gasteiger partial charge in [0.15, 0.2) is 0 Å². The maximum atomic E-state index is 6.29. The third-order valence-corrected chi connectivity index (χ3v) is 3.72. The fourth-order valence-electron chi connectivity index (χ4n) is 2.82. The number of benzene rings is 2. The number of aryl methyl sites for hydroxylation is 2. The van der Waals surface area contributed by atoms with Crippen molar-refractivity contribution in [2.24, 2.45) is 5.73 Å². The van der Waals surface area contributed by atoms with Crippen LogP contribution in [0.2, 0.25) is 0 Å². The first-order chi connectivity index (χ1) is 8.27. The molecule has 0 radical (unpaired) electrons. The van der Waals surface area contributed by atoms with Crippen LogP contribution >= 0.6 is 0 Å². The molecule has 0 aromatic heterocycles. The predicted octanol–water partition coefficient (Wildman–Crippen LogP) is 3.61. The van der Waals surface area contributed by atoms with Gasteiger partial charge in [-0.15, -0.1) is 0 Å². The molecule has 2 N–H and O–H groups in total. The molecule has 2 aromatic rings. The Morgan fingerprint density at radius 3 is 2.76 bits per heavy atom. The van der Waals surface area contributed by atoms with Crippen molar-refractivity contribution in [1.82, 2.24) is 0 Å². The standard InChI is InChI=1S/C16H17N/c1-11-5-4-8-14-15(17)10-9-12-6-2-3-7-13(12)16(11)14/h2-8,15H,9-10,17H2,1H3. The molecule has 1 aliphatic carbocycles. The minimum Gasteiger partial charge on any atom is -0.324 e. The van der Waals surface area contributed by atoms with Crippen LogP contribution in [-0.4, -0.2) is 0 Å². The number of hydrogen-bond donors (Lipinski definition) is 1. The Bertz CT molecular complexity index is 557. The highest BCUT2D eigenvalue weighted by Crippen LogP contribution is 2.37. The SMILES string of the molecule is Cc1cccc2c1-c1ccccc1CCC2N. The van der Waals surface area contributed by atoms with E-state index in [0.717, 1.165) is 12.8 Å². The molecule has 3 rings (SSSR count). The molecule has 1 unspecified atom stereocenters. The summed E-state index contributed by atoms with van der Waals surface area (Å²) in [7, 11) is 0. The van der Waals surface area contributed by atoms with Crippen LogP contribution in [0, 0.1) is 6.92 Å². The van der Waals surface area contributed by atoms with Crippen molar-refractivity contribution in [1.29, 1.82) is 0 Å². The highest BCUT2D eigenvalue weighted by molar-refractivity contribution is 5.75. The van der Waals surface area contributed by atoms with E-state index in [1.807, 2.05) is 0 Å². The molecular formula is C16H17N. The van der Waals surface area contributed by atoms with Crippen molar-refractivity contribution in [2.45, 2.75) is 25.8 Å². The van der Waals surface area contributed by atoms with Crippen molar-refractivity contribution in [2.75, 3.05) is 0 Å². The van der Waals surface area contributed by atoms with Gasteiger partial charge in [-0.2, -0.15) is 0 Å². The van der Waals surface area contributed by atoms with Crippen LogP contribution in [0.4, 0.5) is 0 Å². The summed E-state index contributed by atoms with van der Waals surface area (Å²) >= 11 is 0. The molecule has 0 amide bonds. The smallest absolute Gasteiger partial charge is 0.0304 e. The van der Waals surface area contributed by atoms with Gasteiger partial charge in [-0.05, 0) is 47.6 Å². The molecule has 86 valence electrons. The van der Waals surface area contributed by atoms with Crippen molar-refractivity contribution in [3.05, 3.63) is 59.2 Å². The fraction of sp³-hybridized carbons (Fsp3) is 0.250. The Labute approximate surface area is 102 Å². The molecule has 2 aromatic carbocycles. The van der Waals surface area contributed by atoms with Crippen LogP contribution < -0.4 is 5.73 Å². The number of hydrogen-bond acceptors (Lipinski definition) is 1. The fourth-order valence-corrected chi connectivity index (χ4v) is 2.82. The highest BCUT2D eigenvalue weighted by Gasteiger charge is 2.20. The van der Waals surface area contributed by atoms with E-state index >= 15 is 0 Å². The molecule has 0 bridgehead atoms. The Balaban J connectivity index is 2.34. The summed E-state index contributed by atoms with van der Waals surface area (Å²) in [5.41, 5.74) is 13.1. The van der Waals surface area contributed by atoms with E-state index < -0.39 is 0 Å². The number of fused-ring (bicyclic) bond motifs is 3. The van der Waals surface area contributed by atoms with Crippen molar-refractivity contribution in [3.8, 4) is 11.1 Å². The Morgan fingerprint density at radius 2 is 1.88 bits per heavy atom. The number of nitrogens with two attached hydrogens (primary N) is 1. The molecule has 17 heavy (non-hydrogen) atoms. The van der Waals surface area contributed by atoms with E-state index in [0.29, 0.717) is 0 Å². The lowest BCUT2D eigenvalue weighted by Gasteiger charge is -2.15. The van der Waals surface area contributed by atoms with Crippen molar-refractivity contribution >= 4 is 0 Å². The molecule has 0 fully saturated rings. The van der Waals surface area contributed by atoms with Gasteiger partial charge < -0.3 is 5.73 Å². The summed E-state index contributed by atoms with van der Waals surface area (Å²) in [6.07, 6.45) is 2.11. The van der Waals surface area contributed by atoms with E-state index in [4.69, 9.17) is 5.73 Å². The molecule has 0 aliphatic heterocycles. The lowest BCUT2D eigenvalue weighted by atomic mass is 9.92. The number of rotatable bonds is 0. The lowest BCUT2D eigenvalue weighted by molar-refractivity contribution is 0.660. The van der Waals surface area contributed by atoms with E-state index in [2.05, 4.69) is 49.4 Å². The van der Waals surface area contributed by atoms with Crippen LogP contribution in [-0.2, 0) is 6.42 Å². The van der Waals surface area contributed by atoms with Gasteiger partial charge in [0.1, 0.15) is 0 Å². The van der Waals surface area contributed by atoms with Crippen molar-refractivity contribution < 1.29 is 0 Å². The second-order valence-electron chi connectivity index (χ2n) is 4.84. The Kier molecular flexibility index (Phi) is 2.49. The Morgan fingerprint density at radius 1 is 1.06 bits per heavy atom. The average Bonchev–Trinajstić information content (AvgIpc) is 2.49. The lowest BCUT2D eigenvalue weighted by Crippen LogP contribution is -2.10. The topological polar surface area (TPSA) is 26.0 Å². The molecular weight excluding hydrogens is 206 g/mol. The molecule has 1 aliphatic rings. The average molecular weight is 223 g/mol. The molecule has 0 saturated carbocycles. The monoisotopic (exact) mass is 223 g/mol. The van der Waals surface area contributed by atoms with Gasteiger partial charge in [0.25, 0.3) is 0 Å². The summed E-state index contributed by atoms with van der Waals surface area (Å²) in [6.45, 7) is 2.17. The highest BCUT2D eigenvalue weighted by atomic mass is 14.6. The summed E-state index contributed by atoms with van der Waals surface area (Å²) in [5.74, 6) is 0. The third-order valence-electron chi connectivity index (χ3n) is 3.72. The minimum absolute atomic E-state index is 0.164.